The molecule has 232 valence electrons. The maximum Gasteiger partial charge on any atom is 0.279 e. The summed E-state index contributed by atoms with van der Waals surface area (Å²) < 4.78 is 6.88. The van der Waals surface area contributed by atoms with Gasteiger partial charge in [0.25, 0.3) is 11.5 Å². The lowest BCUT2D eigenvalue weighted by atomic mass is 9.99. The quantitative estimate of drug-likeness (QED) is 0.239. The standard InChI is InChI=1S/C33H32Cl2N6O4/c1-17-15-37-41(2)33(44)27(17)31(43)39-24-9-5-7-21(30(24)35)20-6-4-8-22(29(20)34)25-14-18-10-12-23(28(18)32(40-25)45-3)36-16-19-11-13-26(42)38-19/h4-9,14-15,19,23,36H,10-13,16H2,1-3H3,(H,38,42)(H,39,43)/t19-,23-/m0/s1. The number of hydrogen-bond donors (Lipinski definition) is 3. The molecular weight excluding hydrogens is 615 g/mol. The van der Waals surface area contributed by atoms with Gasteiger partial charge < -0.3 is 20.7 Å². The third-order valence-electron chi connectivity index (χ3n) is 8.41. The number of pyridine rings is 1. The second kappa shape index (κ2) is 12.6. The molecule has 2 atom stereocenters. The summed E-state index contributed by atoms with van der Waals surface area (Å²) >= 11 is 13.9. The first kappa shape index (κ1) is 30.8. The van der Waals surface area contributed by atoms with Crippen molar-refractivity contribution >= 4 is 40.7 Å². The Hall–Kier alpha value is -4.25. The maximum atomic E-state index is 13.1. The van der Waals surface area contributed by atoms with Crippen LogP contribution in [0, 0.1) is 6.92 Å². The average Bonchev–Trinajstić information content (AvgIpc) is 3.64. The fourth-order valence-electron chi connectivity index (χ4n) is 6.07. The number of methoxy groups -OCH3 is 1. The molecule has 4 aromatic rings. The molecule has 2 aromatic heterocycles. The predicted molar refractivity (Wildman–Crippen MR) is 174 cm³/mol. The monoisotopic (exact) mass is 646 g/mol. The van der Waals surface area contributed by atoms with Gasteiger partial charge in [0.1, 0.15) is 5.56 Å². The molecule has 0 radical (unpaired) electrons. The number of ether oxygens (including phenoxy) is 1. The van der Waals surface area contributed by atoms with Gasteiger partial charge in [0.15, 0.2) is 0 Å². The van der Waals surface area contributed by atoms with Crippen molar-refractivity contribution in [2.45, 2.75) is 44.7 Å². The second-order valence-electron chi connectivity index (χ2n) is 11.3. The van der Waals surface area contributed by atoms with E-state index in [0.717, 1.165) is 35.1 Å². The van der Waals surface area contributed by atoms with Crippen LogP contribution in [0.4, 0.5) is 5.69 Å². The van der Waals surface area contributed by atoms with Gasteiger partial charge in [-0.25, -0.2) is 9.67 Å². The average molecular weight is 648 g/mol. The van der Waals surface area contributed by atoms with E-state index >= 15 is 0 Å². The summed E-state index contributed by atoms with van der Waals surface area (Å²) in [6.45, 7) is 2.34. The largest absolute Gasteiger partial charge is 0.481 e. The van der Waals surface area contributed by atoms with Crippen LogP contribution in [0.15, 0.2) is 53.5 Å². The summed E-state index contributed by atoms with van der Waals surface area (Å²) in [5, 5.41) is 14.1. The molecule has 12 heteroatoms. The molecule has 1 aliphatic carbocycles. The predicted octanol–water partition coefficient (Wildman–Crippen LogP) is 5.24. The number of carbonyl (C=O) groups is 2. The van der Waals surface area contributed by atoms with Crippen molar-refractivity contribution in [3.8, 4) is 28.3 Å². The Morgan fingerprint density at radius 2 is 1.80 bits per heavy atom. The number of hydrogen-bond acceptors (Lipinski definition) is 7. The molecule has 1 fully saturated rings. The Labute approximate surface area is 270 Å². The van der Waals surface area contributed by atoms with E-state index in [1.54, 1.807) is 26.2 Å². The highest BCUT2D eigenvalue weighted by Crippen LogP contribution is 2.44. The highest BCUT2D eigenvalue weighted by atomic mass is 35.5. The lowest BCUT2D eigenvalue weighted by molar-refractivity contribution is -0.119. The minimum atomic E-state index is -0.579. The minimum Gasteiger partial charge on any atom is -0.481 e. The lowest BCUT2D eigenvalue weighted by Crippen LogP contribution is -2.36. The third-order valence-corrected chi connectivity index (χ3v) is 9.23. The molecule has 0 bridgehead atoms. The van der Waals surface area contributed by atoms with Gasteiger partial charge in [-0.3, -0.25) is 14.4 Å². The fourth-order valence-corrected chi connectivity index (χ4v) is 6.67. The van der Waals surface area contributed by atoms with Crippen molar-refractivity contribution in [2.75, 3.05) is 19.0 Å². The zero-order valence-electron chi connectivity index (χ0n) is 25.0. The Bertz CT molecular complexity index is 1890. The number of carbonyl (C=O) groups excluding carboxylic acids is 2. The molecule has 10 nitrogen and oxygen atoms in total. The van der Waals surface area contributed by atoms with Gasteiger partial charge in [-0.2, -0.15) is 5.10 Å². The number of benzene rings is 2. The number of nitrogens with zero attached hydrogens (tertiary/aromatic N) is 3. The molecule has 1 saturated heterocycles. The number of amides is 2. The van der Waals surface area contributed by atoms with Crippen LogP contribution in [0.25, 0.3) is 22.4 Å². The first-order valence-corrected chi connectivity index (χ1v) is 15.4. The van der Waals surface area contributed by atoms with E-state index in [1.807, 2.05) is 24.3 Å². The fraction of sp³-hybridized carbons (Fsp3) is 0.303. The summed E-state index contributed by atoms with van der Waals surface area (Å²) in [4.78, 5) is 42.2. The number of halogens is 2. The highest BCUT2D eigenvalue weighted by Gasteiger charge is 2.30. The molecule has 0 spiro atoms. The number of aryl methyl sites for hydroxylation is 3. The molecule has 2 aromatic carbocycles. The van der Waals surface area contributed by atoms with E-state index in [1.165, 1.54) is 13.2 Å². The summed E-state index contributed by atoms with van der Waals surface area (Å²) in [7, 11) is 3.10. The summed E-state index contributed by atoms with van der Waals surface area (Å²) in [6.07, 6.45) is 4.61. The van der Waals surface area contributed by atoms with Gasteiger partial charge in [0, 0.05) is 54.4 Å². The van der Waals surface area contributed by atoms with Crippen molar-refractivity contribution in [3.05, 3.63) is 91.3 Å². The summed E-state index contributed by atoms with van der Waals surface area (Å²) in [6, 6.07) is 13.1. The lowest BCUT2D eigenvalue weighted by Gasteiger charge is -2.20. The van der Waals surface area contributed by atoms with E-state index < -0.39 is 11.5 Å². The van der Waals surface area contributed by atoms with Gasteiger partial charge in [0.05, 0.1) is 34.7 Å². The molecular formula is C33H32Cl2N6O4. The Kier molecular flexibility index (Phi) is 8.63. The number of nitrogens with one attached hydrogen (secondary N) is 3. The summed E-state index contributed by atoms with van der Waals surface area (Å²) in [5.41, 5.74) is 5.10. The number of rotatable bonds is 8. The van der Waals surface area contributed by atoms with Gasteiger partial charge in [-0.15, -0.1) is 0 Å². The van der Waals surface area contributed by atoms with E-state index in [9.17, 15) is 14.4 Å². The van der Waals surface area contributed by atoms with Gasteiger partial charge in [0.2, 0.25) is 11.8 Å². The Balaban J connectivity index is 1.29. The Morgan fingerprint density at radius 1 is 1.07 bits per heavy atom. The van der Waals surface area contributed by atoms with E-state index in [-0.39, 0.29) is 28.6 Å². The maximum absolute atomic E-state index is 13.1. The van der Waals surface area contributed by atoms with Crippen molar-refractivity contribution in [1.82, 2.24) is 25.4 Å². The first-order chi connectivity index (χ1) is 21.7. The summed E-state index contributed by atoms with van der Waals surface area (Å²) in [5.74, 6) is 0.0563. The molecule has 0 unspecified atom stereocenters. The van der Waals surface area contributed by atoms with Gasteiger partial charge in [-0.05, 0) is 49.4 Å². The van der Waals surface area contributed by atoms with Crippen LogP contribution in [-0.4, -0.2) is 46.3 Å². The zero-order valence-corrected chi connectivity index (χ0v) is 26.6. The van der Waals surface area contributed by atoms with E-state index in [0.29, 0.717) is 57.5 Å². The molecule has 3 heterocycles. The van der Waals surface area contributed by atoms with E-state index in [2.05, 4.69) is 27.1 Å². The van der Waals surface area contributed by atoms with Crippen LogP contribution in [0.5, 0.6) is 5.88 Å². The van der Waals surface area contributed by atoms with Crippen LogP contribution in [0.3, 0.4) is 0 Å². The van der Waals surface area contributed by atoms with Crippen LogP contribution in [0.1, 0.15) is 52.4 Å². The minimum absolute atomic E-state index is 0.00613. The smallest absolute Gasteiger partial charge is 0.279 e. The molecule has 0 saturated carbocycles. The topological polar surface area (TPSA) is 127 Å². The number of aromatic nitrogens is 3. The van der Waals surface area contributed by atoms with Gasteiger partial charge >= 0.3 is 0 Å². The van der Waals surface area contributed by atoms with Gasteiger partial charge in [-0.1, -0.05) is 53.5 Å². The van der Waals surface area contributed by atoms with Crippen molar-refractivity contribution < 1.29 is 14.3 Å². The van der Waals surface area contributed by atoms with Crippen LogP contribution < -0.4 is 26.2 Å². The molecule has 1 aliphatic heterocycles. The van der Waals surface area contributed by atoms with Crippen molar-refractivity contribution in [2.24, 2.45) is 7.05 Å². The van der Waals surface area contributed by atoms with Crippen LogP contribution >= 0.6 is 23.2 Å². The van der Waals surface area contributed by atoms with Crippen LogP contribution in [-0.2, 0) is 18.3 Å². The first-order valence-electron chi connectivity index (χ1n) is 14.7. The second-order valence-corrected chi connectivity index (χ2v) is 12.1. The molecule has 2 aliphatic rings. The third kappa shape index (κ3) is 5.93. The Morgan fingerprint density at radius 3 is 2.53 bits per heavy atom. The van der Waals surface area contributed by atoms with Crippen molar-refractivity contribution in [3.63, 3.8) is 0 Å². The number of anilines is 1. The normalized spacial score (nSPS) is 17.2. The molecule has 3 N–H and O–H groups in total. The SMILES string of the molecule is COc1nc(-c2cccc(-c3cccc(NC(=O)c4c(C)cnn(C)c4=O)c3Cl)c2Cl)cc2c1[C@@H](NC[C@@H]1CCC(=O)N1)CC2. The zero-order chi connectivity index (χ0) is 31.8. The van der Waals surface area contributed by atoms with Crippen LogP contribution in [0.2, 0.25) is 10.0 Å². The molecule has 2 amide bonds. The molecule has 6 rings (SSSR count). The highest BCUT2D eigenvalue weighted by molar-refractivity contribution is 6.39. The van der Waals surface area contributed by atoms with Crippen molar-refractivity contribution in [1.29, 1.82) is 0 Å². The number of fused-ring (bicyclic) bond motifs is 1. The molecule has 45 heavy (non-hydrogen) atoms. The van der Waals surface area contributed by atoms with E-state index in [4.69, 9.17) is 32.9 Å².